The van der Waals surface area contributed by atoms with E-state index in [4.69, 9.17) is 18.9 Å². The molecule has 3 rings (SSSR count). The summed E-state index contributed by atoms with van der Waals surface area (Å²) in [5.74, 6) is -1.06. The van der Waals surface area contributed by atoms with Gasteiger partial charge in [0.15, 0.2) is 6.23 Å². The highest BCUT2D eigenvalue weighted by molar-refractivity contribution is 5.92. The Morgan fingerprint density at radius 3 is 1.83 bits per heavy atom. The lowest BCUT2D eigenvalue weighted by molar-refractivity contribution is -0.141. The molecular formula is C54H98N6O9. The van der Waals surface area contributed by atoms with Crippen LogP contribution >= 0.6 is 0 Å². The minimum absolute atomic E-state index is 0.0413. The van der Waals surface area contributed by atoms with E-state index in [2.05, 4.69) is 77.9 Å². The number of hydrogen-bond donors (Lipinski definition) is 4. The number of unbranched alkanes of at least 4 members (excludes halogenated alkanes) is 1. The number of carboxylic acid groups (broad SMARTS) is 1. The second kappa shape index (κ2) is 41.6. The molecule has 6 atom stereocenters. The van der Waals surface area contributed by atoms with Crippen LogP contribution in [0.3, 0.4) is 0 Å². The Labute approximate surface area is 419 Å². The van der Waals surface area contributed by atoms with Gasteiger partial charge in [0.2, 0.25) is 18.2 Å². The smallest absolute Gasteiger partial charge is 0.352 e. The predicted octanol–water partition coefficient (Wildman–Crippen LogP) is 8.51. The van der Waals surface area contributed by atoms with Crippen LogP contribution in [0, 0.1) is 5.92 Å². The van der Waals surface area contributed by atoms with Gasteiger partial charge in [-0.05, 0) is 76.1 Å². The molecule has 15 heteroatoms. The van der Waals surface area contributed by atoms with E-state index in [9.17, 15) is 24.3 Å². The number of carbonyl (C=O) groups excluding carboxylic acids is 3. The summed E-state index contributed by atoms with van der Waals surface area (Å²) in [6, 6.07) is 8.21. The van der Waals surface area contributed by atoms with Crippen LogP contribution in [0.15, 0.2) is 59.5 Å². The van der Waals surface area contributed by atoms with Gasteiger partial charge >= 0.3 is 5.97 Å². The molecule has 0 spiro atoms. The summed E-state index contributed by atoms with van der Waals surface area (Å²) < 4.78 is 22.1. The van der Waals surface area contributed by atoms with Crippen molar-refractivity contribution in [2.45, 2.75) is 164 Å². The third-order valence-electron chi connectivity index (χ3n) is 10.9. The number of ether oxygens (including phenoxy) is 4. The number of methoxy groups -OCH3 is 2. The summed E-state index contributed by atoms with van der Waals surface area (Å²) in [6.45, 7) is 32.7. The van der Waals surface area contributed by atoms with Crippen molar-refractivity contribution in [1.29, 1.82) is 0 Å². The highest BCUT2D eigenvalue weighted by Gasteiger charge is 2.34. The summed E-state index contributed by atoms with van der Waals surface area (Å²) in [7, 11) is 6.89. The molecule has 4 unspecified atom stereocenters. The molecule has 69 heavy (non-hydrogen) atoms. The second-order valence-corrected chi connectivity index (χ2v) is 17.5. The fourth-order valence-electron chi connectivity index (χ4n) is 6.58. The molecule has 398 valence electrons. The summed E-state index contributed by atoms with van der Waals surface area (Å²) in [6.07, 6.45) is 10.4. The first-order chi connectivity index (χ1) is 33.0. The molecule has 1 aromatic rings. The average Bonchev–Trinajstić information content (AvgIpc) is 4.27. The maximum atomic E-state index is 13.1. The number of amides is 3. The Bertz CT molecular complexity index is 1580. The molecule has 1 saturated carbocycles. The molecule has 1 aliphatic heterocycles. The Balaban J connectivity index is 0. The molecule has 2 aliphatic rings. The van der Waals surface area contributed by atoms with Gasteiger partial charge in [-0.3, -0.25) is 19.3 Å². The number of carbonyl (C=O) groups is 4. The minimum atomic E-state index is -1.07. The summed E-state index contributed by atoms with van der Waals surface area (Å²) in [5.41, 5.74) is 3.09. The van der Waals surface area contributed by atoms with Crippen molar-refractivity contribution in [3.8, 4) is 0 Å². The molecule has 1 aliphatic carbocycles. The largest absolute Gasteiger partial charge is 0.477 e. The van der Waals surface area contributed by atoms with Gasteiger partial charge in [0.05, 0.1) is 38.0 Å². The molecule has 1 aromatic carbocycles. The first-order valence-electron chi connectivity index (χ1n) is 25.6. The number of benzene rings is 1. The second-order valence-electron chi connectivity index (χ2n) is 17.5. The van der Waals surface area contributed by atoms with Crippen LogP contribution in [-0.2, 0) is 38.1 Å². The Morgan fingerprint density at radius 2 is 1.39 bits per heavy atom. The molecule has 15 nitrogen and oxygen atoms in total. The van der Waals surface area contributed by atoms with Crippen LogP contribution in [0.2, 0.25) is 0 Å². The van der Waals surface area contributed by atoms with Crippen LogP contribution in [-0.4, -0.2) is 155 Å². The van der Waals surface area contributed by atoms with Gasteiger partial charge in [-0.1, -0.05) is 125 Å². The first kappa shape index (κ1) is 67.0. The lowest BCUT2D eigenvalue weighted by Gasteiger charge is -2.38. The predicted molar refractivity (Wildman–Crippen MR) is 283 cm³/mol. The lowest BCUT2D eigenvalue weighted by Crippen LogP contribution is -2.56. The Hall–Kier alpha value is -4.12. The fourth-order valence-corrected chi connectivity index (χ4v) is 6.58. The van der Waals surface area contributed by atoms with E-state index in [1.807, 2.05) is 56.1 Å². The monoisotopic (exact) mass is 975 g/mol. The summed E-state index contributed by atoms with van der Waals surface area (Å²) >= 11 is 0. The Kier molecular flexibility index (Phi) is 40.4. The van der Waals surface area contributed by atoms with Gasteiger partial charge < -0.3 is 49.8 Å². The number of nitrogens with one attached hydrogen (secondary N) is 3. The molecule has 0 radical (unpaired) electrons. The molecule has 0 bridgehead atoms. The molecular weight excluding hydrogens is 877 g/mol. The van der Waals surface area contributed by atoms with Crippen molar-refractivity contribution < 1.29 is 43.2 Å². The van der Waals surface area contributed by atoms with Crippen LogP contribution in [0.5, 0.6) is 0 Å². The number of aliphatic carboxylic acids is 1. The zero-order chi connectivity index (χ0) is 52.7. The van der Waals surface area contributed by atoms with Crippen LogP contribution in [0.25, 0.3) is 6.08 Å². The molecule has 0 aromatic heterocycles. The fraction of sp³-hybridized carbons (Fsp3) is 0.704. The molecule has 1 heterocycles. The van der Waals surface area contributed by atoms with Crippen molar-refractivity contribution >= 4 is 30.3 Å². The van der Waals surface area contributed by atoms with E-state index in [0.29, 0.717) is 44.2 Å². The number of allylic oxidation sites excluding steroid dienone is 1. The average molecular weight is 975 g/mol. The van der Waals surface area contributed by atoms with Gasteiger partial charge in [-0.25, -0.2) is 4.79 Å². The van der Waals surface area contributed by atoms with E-state index in [1.54, 1.807) is 37.0 Å². The highest BCUT2D eigenvalue weighted by Crippen LogP contribution is 2.35. The third kappa shape index (κ3) is 29.6. The van der Waals surface area contributed by atoms with Gasteiger partial charge in [0.1, 0.15) is 11.7 Å². The van der Waals surface area contributed by atoms with E-state index in [1.165, 1.54) is 33.0 Å². The van der Waals surface area contributed by atoms with Gasteiger partial charge in [0, 0.05) is 65.3 Å². The van der Waals surface area contributed by atoms with Crippen molar-refractivity contribution in [2.75, 3.05) is 80.9 Å². The van der Waals surface area contributed by atoms with Crippen LogP contribution < -0.4 is 16.0 Å². The summed E-state index contributed by atoms with van der Waals surface area (Å²) in [4.78, 5) is 54.4. The number of hydrogen-bond acceptors (Lipinski definition) is 11. The quantitative estimate of drug-likeness (QED) is 0.0190. The van der Waals surface area contributed by atoms with Gasteiger partial charge in [-0.15, -0.1) is 0 Å². The SMILES string of the molecule is C1CN1.C=C(C(N/C(=C\c1ccccc1)C(=O)O)=C1CC1)C(OC)N(C=O)CCCC.CCC.CCC.CCCOCCOCCN(C)C(C)C(=O)N[C@@H](C)C(=O)N(C)[C@@H](C(C)CC)C(CC)OC. The van der Waals surface area contributed by atoms with Crippen LogP contribution in [0.1, 0.15) is 140 Å². The van der Waals surface area contributed by atoms with E-state index >= 15 is 0 Å². The maximum Gasteiger partial charge on any atom is 0.352 e. The van der Waals surface area contributed by atoms with E-state index in [0.717, 1.165) is 69.1 Å². The number of nitrogens with zero attached hydrogens (tertiary/aromatic N) is 3. The van der Waals surface area contributed by atoms with Crippen molar-refractivity contribution in [3.63, 3.8) is 0 Å². The van der Waals surface area contributed by atoms with E-state index < -0.39 is 18.2 Å². The topological polar surface area (TPSA) is 181 Å². The van der Waals surface area contributed by atoms with Gasteiger partial charge in [-0.2, -0.15) is 0 Å². The third-order valence-corrected chi connectivity index (χ3v) is 10.9. The highest BCUT2D eigenvalue weighted by atomic mass is 16.5. The normalized spacial score (nSPS) is 14.9. The van der Waals surface area contributed by atoms with E-state index in [-0.39, 0.29) is 41.6 Å². The Morgan fingerprint density at radius 1 is 0.826 bits per heavy atom. The number of carboxylic acids is 1. The standard InChI is InChI=1S/C24H49N3O5.C22H28N2O4.2C3H8.C2H5N/c1-10-14-31-16-17-32-15-13-26(7)20(6)23(28)25-19(5)24(29)27(8)22(18(4)11-2)21(12-3)30-9;1-4-5-13-24(15-25)21(28-3)16(2)20(18-11-12-18)23-19(22(26)27)14-17-9-7-6-8-10-17;2*1-3-2;1-2-3-1/h18-22H,10-17H2,1-9H3,(H,25,28);6-10,14-15,21,23H,2,4-5,11-13H2,1,3H3,(H,26,27);2*3H2,1-2H3;3H,1-2H2/b;19-14-;;;/t18?,19-,20?,21?,22-;;;;/m0..../s1. The number of likely N-dealkylation sites (N-methyl/N-ethyl adjacent to an activating group) is 2. The lowest BCUT2D eigenvalue weighted by atomic mass is 9.91. The number of rotatable bonds is 30. The van der Waals surface area contributed by atoms with Crippen molar-refractivity contribution in [3.05, 3.63) is 65.0 Å². The molecule has 3 amide bonds. The minimum Gasteiger partial charge on any atom is -0.477 e. The molecule has 2 fully saturated rings. The zero-order valence-electron chi connectivity index (χ0n) is 45.8. The maximum absolute atomic E-state index is 13.1. The zero-order valence-corrected chi connectivity index (χ0v) is 45.8. The molecule has 1 saturated heterocycles. The summed E-state index contributed by atoms with van der Waals surface area (Å²) in [5, 5.41) is 18.6. The first-order valence-corrected chi connectivity index (χ1v) is 25.6. The van der Waals surface area contributed by atoms with Crippen molar-refractivity contribution in [1.82, 2.24) is 30.7 Å². The molecule has 4 N–H and O–H groups in total. The van der Waals surface area contributed by atoms with Crippen LogP contribution in [0.4, 0.5) is 0 Å². The van der Waals surface area contributed by atoms with Crippen molar-refractivity contribution in [2.24, 2.45) is 5.92 Å². The van der Waals surface area contributed by atoms with Gasteiger partial charge in [0.25, 0.3) is 0 Å².